The third kappa shape index (κ3) is 4.93. The molecular formula is C27H34N6O3. The molecule has 4 heterocycles. The second kappa shape index (κ2) is 10.3. The highest BCUT2D eigenvalue weighted by atomic mass is 16.5. The van der Waals surface area contributed by atoms with Crippen LogP contribution in [-0.2, 0) is 4.74 Å². The first-order valence-corrected chi connectivity index (χ1v) is 12.8. The second-order valence-corrected chi connectivity index (χ2v) is 10.1. The predicted molar refractivity (Wildman–Crippen MR) is 140 cm³/mol. The van der Waals surface area contributed by atoms with Crippen LogP contribution in [0.15, 0.2) is 41.3 Å². The van der Waals surface area contributed by atoms with Gasteiger partial charge in [0, 0.05) is 48.9 Å². The lowest BCUT2D eigenvalue weighted by Crippen LogP contribution is -2.50. The van der Waals surface area contributed by atoms with Crippen LogP contribution in [0.1, 0.15) is 44.7 Å². The van der Waals surface area contributed by atoms with Gasteiger partial charge in [-0.3, -0.25) is 9.36 Å². The van der Waals surface area contributed by atoms with E-state index in [2.05, 4.69) is 15.6 Å². The number of pyridine rings is 1. The van der Waals surface area contributed by atoms with Gasteiger partial charge >= 0.3 is 6.03 Å². The van der Waals surface area contributed by atoms with Crippen molar-refractivity contribution in [2.24, 2.45) is 0 Å². The molecule has 36 heavy (non-hydrogen) atoms. The molecule has 0 spiro atoms. The molecule has 2 saturated heterocycles. The fourth-order valence-corrected chi connectivity index (χ4v) is 5.12. The average molecular weight is 491 g/mol. The highest BCUT2D eigenvalue weighted by molar-refractivity contribution is 5.82. The predicted octanol–water partition coefficient (Wildman–Crippen LogP) is 3.72. The number of aryl methyl sites for hydroxylation is 1. The Labute approximate surface area is 210 Å². The van der Waals surface area contributed by atoms with Gasteiger partial charge in [0.2, 0.25) is 5.95 Å². The number of hydrogen-bond acceptors (Lipinski definition) is 6. The molecule has 2 fully saturated rings. The lowest BCUT2D eigenvalue weighted by atomic mass is 10.0. The molecule has 0 saturated carbocycles. The Morgan fingerprint density at radius 2 is 2.03 bits per heavy atom. The summed E-state index contributed by atoms with van der Waals surface area (Å²) in [4.78, 5) is 37.5. The van der Waals surface area contributed by atoms with Crippen LogP contribution in [0.2, 0.25) is 0 Å². The molecule has 2 aromatic heterocycles. The summed E-state index contributed by atoms with van der Waals surface area (Å²) in [5.41, 5.74) is 3.16. The first kappa shape index (κ1) is 24.2. The molecule has 2 aliphatic heterocycles. The summed E-state index contributed by atoms with van der Waals surface area (Å²) >= 11 is 0. The summed E-state index contributed by atoms with van der Waals surface area (Å²) in [5.74, 6) is 0.467. The first-order valence-electron chi connectivity index (χ1n) is 12.8. The molecule has 190 valence electrons. The van der Waals surface area contributed by atoms with Gasteiger partial charge in [0.15, 0.2) is 0 Å². The number of carbonyl (C=O) groups is 1. The minimum absolute atomic E-state index is 0.0374. The number of rotatable bonds is 5. The Morgan fingerprint density at radius 3 is 2.78 bits per heavy atom. The number of benzene rings is 1. The van der Waals surface area contributed by atoms with E-state index < -0.39 is 0 Å². The molecule has 0 bridgehead atoms. The number of piperidine rings is 1. The molecule has 1 unspecified atom stereocenters. The number of nitrogens with zero attached hydrogens (tertiary/aromatic N) is 4. The van der Waals surface area contributed by atoms with E-state index in [1.54, 1.807) is 10.8 Å². The van der Waals surface area contributed by atoms with Gasteiger partial charge in [0.1, 0.15) is 5.65 Å². The molecular weight excluding hydrogens is 456 g/mol. The van der Waals surface area contributed by atoms with Crippen LogP contribution in [0, 0.1) is 6.92 Å². The Hall–Kier alpha value is -3.46. The Morgan fingerprint density at radius 1 is 1.19 bits per heavy atom. The maximum atomic E-state index is 13.8. The Bertz CT molecular complexity index is 1310. The summed E-state index contributed by atoms with van der Waals surface area (Å²) in [6.07, 6.45) is 4.37. The average Bonchev–Trinajstić information content (AvgIpc) is 3.38. The first-order chi connectivity index (χ1) is 17.4. The highest BCUT2D eigenvalue weighted by Crippen LogP contribution is 2.28. The van der Waals surface area contributed by atoms with Gasteiger partial charge in [-0.1, -0.05) is 24.3 Å². The monoisotopic (exact) mass is 490 g/mol. The number of carbonyl (C=O) groups excluding carboxylic acids is 1. The number of ether oxygens (including phenoxy) is 1. The van der Waals surface area contributed by atoms with Crippen LogP contribution in [0.4, 0.5) is 10.7 Å². The van der Waals surface area contributed by atoms with Crippen molar-refractivity contribution < 1.29 is 9.53 Å². The van der Waals surface area contributed by atoms with Gasteiger partial charge in [0.05, 0.1) is 12.6 Å². The van der Waals surface area contributed by atoms with Gasteiger partial charge in [0.25, 0.3) is 5.56 Å². The van der Waals surface area contributed by atoms with Crippen LogP contribution in [0.3, 0.4) is 0 Å². The summed E-state index contributed by atoms with van der Waals surface area (Å²) in [6.45, 7) is 8.36. The number of fused-ring (bicyclic) bond motifs is 1. The zero-order chi connectivity index (χ0) is 25.2. The van der Waals surface area contributed by atoms with E-state index in [0.717, 1.165) is 42.3 Å². The van der Waals surface area contributed by atoms with Crippen molar-refractivity contribution in [3.63, 3.8) is 0 Å². The van der Waals surface area contributed by atoms with E-state index >= 15 is 0 Å². The normalized spacial score (nSPS) is 20.2. The van der Waals surface area contributed by atoms with Crippen molar-refractivity contribution >= 4 is 23.0 Å². The highest BCUT2D eigenvalue weighted by Gasteiger charge is 2.26. The molecule has 1 aromatic carbocycles. The minimum Gasteiger partial charge on any atom is -0.379 e. The molecule has 5 rings (SSSR count). The maximum Gasteiger partial charge on any atom is 0.317 e. The smallest absolute Gasteiger partial charge is 0.317 e. The van der Waals surface area contributed by atoms with E-state index in [1.807, 2.05) is 56.0 Å². The summed E-state index contributed by atoms with van der Waals surface area (Å²) in [6, 6.07) is 9.83. The molecule has 0 aliphatic carbocycles. The van der Waals surface area contributed by atoms with Crippen molar-refractivity contribution in [2.45, 2.75) is 58.2 Å². The number of hydrogen-bond donors (Lipinski definition) is 2. The van der Waals surface area contributed by atoms with Crippen LogP contribution in [-0.4, -0.2) is 63.9 Å². The van der Waals surface area contributed by atoms with Gasteiger partial charge in [-0.05, 0) is 57.2 Å². The minimum atomic E-state index is -0.0726. The fourth-order valence-electron chi connectivity index (χ4n) is 5.12. The van der Waals surface area contributed by atoms with Gasteiger partial charge < -0.3 is 20.3 Å². The van der Waals surface area contributed by atoms with E-state index in [-0.39, 0.29) is 29.7 Å². The largest absolute Gasteiger partial charge is 0.379 e. The third-order valence-corrected chi connectivity index (χ3v) is 6.93. The van der Waals surface area contributed by atoms with Gasteiger partial charge in [-0.2, -0.15) is 4.98 Å². The van der Waals surface area contributed by atoms with Crippen molar-refractivity contribution in [1.82, 2.24) is 24.8 Å². The van der Waals surface area contributed by atoms with E-state index in [4.69, 9.17) is 9.72 Å². The number of amides is 2. The molecule has 2 amide bonds. The molecule has 0 radical (unpaired) electrons. The third-order valence-electron chi connectivity index (χ3n) is 6.93. The summed E-state index contributed by atoms with van der Waals surface area (Å²) in [5, 5.41) is 7.19. The fraction of sp³-hybridized carbons (Fsp3) is 0.481. The quantitative estimate of drug-likeness (QED) is 0.565. The van der Waals surface area contributed by atoms with Gasteiger partial charge in [-0.15, -0.1) is 0 Å². The Balaban J connectivity index is 1.49. The van der Waals surface area contributed by atoms with Crippen molar-refractivity contribution in [3.05, 3.63) is 52.4 Å². The molecule has 3 aromatic rings. The zero-order valence-corrected chi connectivity index (χ0v) is 21.2. The Kier molecular flexibility index (Phi) is 6.91. The van der Waals surface area contributed by atoms with Gasteiger partial charge in [-0.25, -0.2) is 9.78 Å². The standard InChI is InChI=1S/C27H34N6O3/c1-17(2)29-27(35)32-11-6-8-20(15-32)30-26-28-14-19-13-23(22-9-5-4-7-18(22)3)25(34)33(24(19)31-26)21-10-12-36-16-21/h4-5,7,9,13-14,17,20-21H,6,8,10-12,15-16H2,1-3H3,(H,29,35)(H,28,30,31)/t20?,21-/m1/s1. The van der Waals surface area contributed by atoms with E-state index in [0.29, 0.717) is 36.9 Å². The molecule has 2 aliphatic rings. The topological polar surface area (TPSA) is 101 Å². The maximum absolute atomic E-state index is 13.8. The molecule has 9 nitrogen and oxygen atoms in total. The van der Waals surface area contributed by atoms with E-state index in [9.17, 15) is 9.59 Å². The number of aromatic nitrogens is 3. The lowest BCUT2D eigenvalue weighted by Gasteiger charge is -2.33. The number of nitrogens with one attached hydrogen (secondary N) is 2. The van der Waals surface area contributed by atoms with Crippen LogP contribution < -0.4 is 16.2 Å². The van der Waals surface area contributed by atoms with E-state index in [1.165, 1.54) is 0 Å². The van der Waals surface area contributed by atoms with Crippen molar-refractivity contribution in [1.29, 1.82) is 0 Å². The SMILES string of the molecule is Cc1ccccc1-c1cc2cnc(NC3CCCN(C(=O)NC(C)C)C3)nc2n([C@@H]2CCOC2)c1=O. The number of urea groups is 1. The number of likely N-dealkylation sites (tertiary alicyclic amines) is 1. The van der Waals surface area contributed by atoms with Crippen molar-refractivity contribution in [2.75, 3.05) is 31.6 Å². The van der Waals surface area contributed by atoms with Crippen LogP contribution in [0.5, 0.6) is 0 Å². The lowest BCUT2D eigenvalue weighted by molar-refractivity contribution is 0.180. The summed E-state index contributed by atoms with van der Waals surface area (Å²) < 4.78 is 7.43. The van der Waals surface area contributed by atoms with Crippen LogP contribution in [0.25, 0.3) is 22.2 Å². The number of anilines is 1. The molecule has 2 N–H and O–H groups in total. The van der Waals surface area contributed by atoms with Crippen LogP contribution >= 0.6 is 0 Å². The molecule has 9 heteroatoms. The molecule has 2 atom stereocenters. The zero-order valence-electron chi connectivity index (χ0n) is 21.2. The van der Waals surface area contributed by atoms with Crippen molar-refractivity contribution in [3.8, 4) is 11.1 Å². The summed E-state index contributed by atoms with van der Waals surface area (Å²) in [7, 11) is 0. The second-order valence-electron chi connectivity index (χ2n) is 10.1.